The third-order valence-corrected chi connectivity index (χ3v) is 11.6. The maximum atomic E-state index is 15.2. The fourth-order valence-corrected chi connectivity index (χ4v) is 10.0. The number of aromatic amines is 2. The molecule has 3 aliphatic heterocycles. The van der Waals surface area contributed by atoms with E-state index in [9.17, 15) is 27.6 Å². The molecule has 1 spiro atoms. The van der Waals surface area contributed by atoms with Crippen molar-refractivity contribution in [1.82, 2.24) is 29.3 Å². The third-order valence-electron chi connectivity index (χ3n) is 9.19. The lowest BCUT2D eigenvalue weighted by Gasteiger charge is -2.50. The Kier molecular flexibility index (Phi) is 7.60. The van der Waals surface area contributed by atoms with Crippen LogP contribution in [0.1, 0.15) is 19.4 Å². The van der Waals surface area contributed by atoms with Gasteiger partial charge in [-0.1, -0.05) is 6.58 Å². The van der Waals surface area contributed by atoms with E-state index in [1.807, 2.05) is 0 Å². The number of nitrogens with zero attached hydrogens (tertiary/aromatic N) is 5. The first-order chi connectivity index (χ1) is 22.5. The van der Waals surface area contributed by atoms with Crippen molar-refractivity contribution in [2.45, 2.75) is 49.7 Å². The first kappa shape index (κ1) is 32.8. The minimum absolute atomic E-state index is 0.00660. The van der Waals surface area contributed by atoms with Crippen molar-refractivity contribution in [3.63, 3.8) is 0 Å². The number of H-pyrrole nitrogens is 2. The Labute approximate surface area is 276 Å². The van der Waals surface area contributed by atoms with Gasteiger partial charge in [-0.25, -0.2) is 9.59 Å². The van der Waals surface area contributed by atoms with Crippen LogP contribution in [0.4, 0.5) is 32.2 Å². The quantitative estimate of drug-likeness (QED) is 0.229. The zero-order chi connectivity index (χ0) is 34.5. The number of amides is 1. The number of nitrogens with one attached hydrogen (secondary N) is 2. The molecule has 0 saturated carbocycles. The van der Waals surface area contributed by atoms with Crippen LogP contribution in [0, 0.1) is 5.41 Å². The van der Waals surface area contributed by atoms with Gasteiger partial charge in [0, 0.05) is 77.2 Å². The third kappa shape index (κ3) is 5.41. The molecule has 0 radical (unpaired) electrons. The molecule has 7 rings (SSSR count). The van der Waals surface area contributed by atoms with Crippen molar-refractivity contribution in [2.24, 2.45) is 5.41 Å². The van der Waals surface area contributed by atoms with Crippen molar-refractivity contribution in [3.05, 3.63) is 50.6 Å². The zero-order valence-corrected chi connectivity index (χ0v) is 27.2. The molecule has 0 bridgehead atoms. The Morgan fingerprint density at radius 3 is 2.42 bits per heavy atom. The Balaban J connectivity index is 1.46. The van der Waals surface area contributed by atoms with E-state index in [-0.39, 0.29) is 82.0 Å². The molecule has 2 saturated heterocycles. The Hall–Kier alpha value is -3.77. The van der Waals surface area contributed by atoms with Gasteiger partial charge in [-0.15, -0.1) is 23.1 Å². The van der Waals surface area contributed by atoms with Crippen LogP contribution in [0.2, 0.25) is 0 Å². The summed E-state index contributed by atoms with van der Waals surface area (Å²) in [6.45, 7) is 6.29. The number of aromatic nitrogens is 4. The number of alkyl halides is 6. The van der Waals surface area contributed by atoms with E-state index < -0.39 is 53.3 Å². The topological polar surface area (TPSA) is 110 Å². The van der Waals surface area contributed by atoms with E-state index in [2.05, 4.69) is 21.5 Å². The molecule has 4 aromatic rings. The summed E-state index contributed by atoms with van der Waals surface area (Å²) in [6, 6.07) is 0.188. The van der Waals surface area contributed by atoms with Gasteiger partial charge in [-0.3, -0.25) is 14.3 Å². The summed E-state index contributed by atoms with van der Waals surface area (Å²) in [7, 11) is 0. The molecule has 1 aromatic carbocycles. The molecule has 18 heteroatoms. The van der Waals surface area contributed by atoms with Gasteiger partial charge >= 0.3 is 23.7 Å². The molecule has 2 fully saturated rings. The number of imidazole rings is 1. The second-order valence-electron chi connectivity index (χ2n) is 12.9. The number of hydrogen-bond acceptors (Lipinski definition) is 8. The van der Waals surface area contributed by atoms with Crippen LogP contribution in [-0.2, 0) is 17.5 Å². The average Bonchev–Trinajstić information content (AvgIpc) is 3.46. The van der Waals surface area contributed by atoms with E-state index >= 15 is 13.2 Å². The summed E-state index contributed by atoms with van der Waals surface area (Å²) in [6.07, 6.45) is -8.12. The van der Waals surface area contributed by atoms with Gasteiger partial charge in [0.25, 0.3) is 0 Å². The van der Waals surface area contributed by atoms with Crippen LogP contribution in [0.15, 0.2) is 38.6 Å². The van der Waals surface area contributed by atoms with Crippen LogP contribution < -0.4 is 16.3 Å². The number of thiophene rings is 1. The molecule has 3 aliphatic rings. The molecule has 2 atom stereocenters. The predicted octanol–water partition coefficient (Wildman–Crippen LogP) is 4.90. The molecule has 2 N–H and O–H groups in total. The summed E-state index contributed by atoms with van der Waals surface area (Å²) in [4.78, 5) is 53.0. The highest BCUT2D eigenvalue weighted by Crippen LogP contribution is 2.53. The lowest BCUT2D eigenvalue weighted by molar-refractivity contribution is -0.168. The number of thioether (sulfide) groups is 1. The summed E-state index contributed by atoms with van der Waals surface area (Å²) in [5.74, 6) is -0.119. The zero-order valence-electron chi connectivity index (χ0n) is 25.6. The maximum absolute atomic E-state index is 15.2. The predicted molar refractivity (Wildman–Crippen MR) is 171 cm³/mol. The standard InChI is InChI=1S/C30H29F6N7O3S2/c1-4-19(44)43-14(2)6-41(7-15(43)3)25-16-5-17(30(34,35)36)20(23-21-18(8-47-23)37-26(45)38-21)24-22(16)42(27(46)39-25)11-28(13-48-24)9-40(10-28)12-29(31,32)33/h4-5,8,14-15H,1,6-7,9-13H2,2-3H3,(H2,37,38,45)/t14-,15+. The highest BCUT2D eigenvalue weighted by molar-refractivity contribution is 7.99. The fraction of sp³-hybridized carbons (Fsp3) is 0.467. The van der Waals surface area contributed by atoms with Crippen LogP contribution in [0.3, 0.4) is 0 Å². The van der Waals surface area contributed by atoms with Crippen molar-refractivity contribution in [3.8, 4) is 10.4 Å². The highest BCUT2D eigenvalue weighted by Gasteiger charge is 2.49. The van der Waals surface area contributed by atoms with Crippen molar-refractivity contribution in [2.75, 3.05) is 43.4 Å². The van der Waals surface area contributed by atoms with Crippen LogP contribution in [0.25, 0.3) is 32.4 Å². The Morgan fingerprint density at radius 2 is 1.79 bits per heavy atom. The molecular formula is C30H29F6N7O3S2. The summed E-state index contributed by atoms with van der Waals surface area (Å²) >= 11 is 2.07. The number of benzene rings is 1. The van der Waals surface area contributed by atoms with Crippen LogP contribution in [0.5, 0.6) is 0 Å². The van der Waals surface area contributed by atoms with Gasteiger partial charge in [-0.2, -0.15) is 31.3 Å². The first-order valence-electron chi connectivity index (χ1n) is 15.0. The summed E-state index contributed by atoms with van der Waals surface area (Å²) < 4.78 is 86.4. The van der Waals surface area contributed by atoms with Crippen LogP contribution in [-0.4, -0.2) is 92.0 Å². The molecular weight excluding hydrogens is 684 g/mol. The molecule has 0 aliphatic carbocycles. The fourth-order valence-electron chi connectivity index (χ4n) is 7.50. The van der Waals surface area contributed by atoms with Crippen LogP contribution >= 0.6 is 23.1 Å². The molecule has 256 valence electrons. The second-order valence-corrected chi connectivity index (χ2v) is 14.7. The molecule has 1 amide bonds. The summed E-state index contributed by atoms with van der Waals surface area (Å²) in [5.41, 5.74) is -2.68. The Bertz CT molecular complexity index is 2080. The van der Waals surface area contributed by atoms with Crippen molar-refractivity contribution < 1.29 is 31.1 Å². The number of hydrogen-bond donors (Lipinski definition) is 2. The van der Waals surface area contributed by atoms with E-state index in [0.717, 1.165) is 29.2 Å². The van der Waals surface area contributed by atoms with Gasteiger partial charge in [0.2, 0.25) is 5.91 Å². The number of carbonyl (C=O) groups excluding carboxylic acids is 1. The SMILES string of the molecule is C=CC(=O)N1[C@H](C)CN(c2nc(=O)n3c4c(c(-c5scc6[nH]c(=O)[nH]c56)c(C(F)(F)F)cc24)SCC2(CN(CC(F)(F)F)C2)C3)C[C@@H]1C. The lowest BCUT2D eigenvalue weighted by atomic mass is 9.81. The average molecular weight is 714 g/mol. The van der Waals surface area contributed by atoms with E-state index in [1.54, 1.807) is 23.6 Å². The molecule has 48 heavy (non-hydrogen) atoms. The molecule has 10 nitrogen and oxygen atoms in total. The van der Waals surface area contributed by atoms with Gasteiger partial charge in [0.05, 0.1) is 33.5 Å². The van der Waals surface area contributed by atoms with Gasteiger partial charge in [0.15, 0.2) is 0 Å². The highest BCUT2D eigenvalue weighted by atomic mass is 32.2. The molecule has 6 heterocycles. The van der Waals surface area contributed by atoms with E-state index in [1.165, 1.54) is 20.9 Å². The maximum Gasteiger partial charge on any atom is 0.417 e. The van der Waals surface area contributed by atoms with E-state index in [4.69, 9.17) is 0 Å². The minimum atomic E-state index is -4.88. The normalized spacial score (nSPS) is 21.6. The van der Waals surface area contributed by atoms with Gasteiger partial charge in [-0.05, 0) is 26.0 Å². The number of anilines is 1. The monoisotopic (exact) mass is 713 g/mol. The number of carbonyl (C=O) groups is 1. The number of halogens is 6. The smallest absolute Gasteiger partial charge is 0.352 e. The second kappa shape index (κ2) is 11.1. The number of piperazine rings is 1. The molecule has 0 unspecified atom stereocenters. The Morgan fingerprint density at radius 1 is 1.10 bits per heavy atom. The molecule has 3 aromatic heterocycles. The van der Waals surface area contributed by atoms with Crippen molar-refractivity contribution >= 4 is 56.8 Å². The van der Waals surface area contributed by atoms with Crippen molar-refractivity contribution in [1.29, 1.82) is 0 Å². The summed E-state index contributed by atoms with van der Waals surface area (Å²) in [5, 5.41) is 1.59. The van der Waals surface area contributed by atoms with Gasteiger partial charge < -0.3 is 19.8 Å². The van der Waals surface area contributed by atoms with Gasteiger partial charge in [0.1, 0.15) is 5.82 Å². The first-order valence-corrected chi connectivity index (χ1v) is 16.9. The number of rotatable bonds is 4. The number of fused-ring (bicyclic) bond motifs is 1. The minimum Gasteiger partial charge on any atom is -0.352 e. The largest absolute Gasteiger partial charge is 0.417 e. The lowest BCUT2D eigenvalue weighted by Crippen LogP contribution is -2.61. The van der Waals surface area contributed by atoms with E-state index in [0.29, 0.717) is 5.52 Å². The number of likely N-dealkylation sites (tertiary alicyclic amines) is 1.